The van der Waals surface area contributed by atoms with Gasteiger partial charge in [-0.3, -0.25) is 4.79 Å². The van der Waals surface area contributed by atoms with Crippen molar-refractivity contribution in [3.63, 3.8) is 0 Å². The van der Waals surface area contributed by atoms with E-state index < -0.39 is 0 Å². The van der Waals surface area contributed by atoms with Gasteiger partial charge in [0.15, 0.2) is 11.5 Å². The third kappa shape index (κ3) is 3.88. The molecule has 0 saturated heterocycles. The van der Waals surface area contributed by atoms with Crippen LogP contribution >= 0.6 is 0 Å². The molecule has 7 nitrogen and oxygen atoms in total. The molecule has 0 aliphatic carbocycles. The van der Waals surface area contributed by atoms with Crippen molar-refractivity contribution in [1.82, 2.24) is 0 Å². The first-order valence-electron chi connectivity index (χ1n) is 7.59. The molecular weight excluding hydrogens is 322 g/mol. The average Bonchev–Trinajstić information content (AvgIpc) is 2.59. The van der Waals surface area contributed by atoms with Gasteiger partial charge in [-0.15, -0.1) is 0 Å². The summed E-state index contributed by atoms with van der Waals surface area (Å²) in [4.78, 5) is 14.6. The van der Waals surface area contributed by atoms with Gasteiger partial charge in [0, 0.05) is 25.3 Å². The van der Waals surface area contributed by atoms with E-state index in [0.717, 1.165) is 5.69 Å². The highest BCUT2D eigenvalue weighted by atomic mass is 16.5. The Labute approximate surface area is 147 Å². The van der Waals surface area contributed by atoms with E-state index >= 15 is 0 Å². The van der Waals surface area contributed by atoms with Crippen LogP contribution in [0.5, 0.6) is 17.2 Å². The van der Waals surface area contributed by atoms with Crippen molar-refractivity contribution in [3.05, 3.63) is 35.9 Å². The Morgan fingerprint density at radius 1 is 1.00 bits per heavy atom. The summed E-state index contributed by atoms with van der Waals surface area (Å²) in [6, 6.07) is 8.53. The molecule has 0 aliphatic rings. The fraction of sp³-hybridized carbons (Fsp3) is 0.278. The predicted octanol–water partition coefficient (Wildman–Crippen LogP) is 2.61. The zero-order chi connectivity index (χ0) is 18.6. The second-order valence-corrected chi connectivity index (χ2v) is 5.54. The molecule has 3 N–H and O–H groups in total. The van der Waals surface area contributed by atoms with Gasteiger partial charge in [-0.25, -0.2) is 0 Å². The monoisotopic (exact) mass is 345 g/mol. The van der Waals surface area contributed by atoms with Crippen molar-refractivity contribution in [2.24, 2.45) is 0 Å². The molecule has 7 heteroatoms. The molecule has 0 unspecified atom stereocenters. The van der Waals surface area contributed by atoms with E-state index in [1.54, 1.807) is 24.3 Å². The largest absolute Gasteiger partial charge is 0.493 e. The zero-order valence-corrected chi connectivity index (χ0v) is 15.0. The van der Waals surface area contributed by atoms with Crippen LogP contribution in [0.4, 0.5) is 17.1 Å². The Morgan fingerprint density at radius 3 is 2.08 bits per heavy atom. The number of nitrogen functional groups attached to an aromatic ring is 1. The normalized spacial score (nSPS) is 10.1. The van der Waals surface area contributed by atoms with E-state index in [1.807, 2.05) is 25.1 Å². The molecule has 2 aromatic rings. The first-order valence-corrected chi connectivity index (χ1v) is 7.59. The lowest BCUT2D eigenvalue weighted by molar-refractivity contribution is 0.102. The van der Waals surface area contributed by atoms with E-state index in [0.29, 0.717) is 34.2 Å². The molecule has 2 rings (SSSR count). The number of ether oxygens (including phenoxy) is 3. The molecule has 25 heavy (non-hydrogen) atoms. The standard InChI is InChI=1S/C18H23N3O4/c1-21(2)14-7-6-12(19)10-13(14)20-18(22)11-8-15(23-3)17(25-5)16(9-11)24-4/h6-10H,19H2,1-5H3,(H,20,22). The van der Waals surface area contributed by atoms with Crippen LogP contribution in [0.2, 0.25) is 0 Å². The van der Waals surface area contributed by atoms with Gasteiger partial charge in [0.05, 0.1) is 32.7 Å². The first kappa shape index (κ1) is 18.3. The number of nitrogens with zero attached hydrogens (tertiary/aromatic N) is 1. The number of nitrogens with one attached hydrogen (secondary N) is 1. The highest BCUT2D eigenvalue weighted by Crippen LogP contribution is 2.38. The predicted molar refractivity (Wildman–Crippen MR) is 99.2 cm³/mol. The summed E-state index contributed by atoms with van der Waals surface area (Å²) in [5.74, 6) is 0.937. The zero-order valence-electron chi connectivity index (χ0n) is 15.0. The van der Waals surface area contributed by atoms with E-state index in [4.69, 9.17) is 19.9 Å². The minimum absolute atomic E-state index is 0.312. The summed E-state index contributed by atoms with van der Waals surface area (Å²) in [6.07, 6.45) is 0. The minimum Gasteiger partial charge on any atom is -0.493 e. The van der Waals surface area contributed by atoms with Gasteiger partial charge in [0.25, 0.3) is 5.91 Å². The van der Waals surface area contributed by atoms with Gasteiger partial charge in [-0.1, -0.05) is 0 Å². The van der Waals surface area contributed by atoms with Crippen molar-refractivity contribution in [3.8, 4) is 17.2 Å². The molecule has 0 spiro atoms. The van der Waals surface area contributed by atoms with Crippen LogP contribution in [0.3, 0.4) is 0 Å². The molecule has 134 valence electrons. The Morgan fingerprint density at radius 2 is 1.60 bits per heavy atom. The third-order valence-corrected chi connectivity index (χ3v) is 3.68. The molecule has 0 aromatic heterocycles. The number of amides is 1. The highest BCUT2D eigenvalue weighted by Gasteiger charge is 2.18. The Hall–Kier alpha value is -3.09. The molecule has 0 atom stereocenters. The van der Waals surface area contributed by atoms with Crippen molar-refractivity contribution in [2.75, 3.05) is 51.4 Å². The van der Waals surface area contributed by atoms with E-state index in [9.17, 15) is 4.79 Å². The number of hydrogen-bond acceptors (Lipinski definition) is 6. The van der Waals surface area contributed by atoms with Gasteiger partial charge in [-0.2, -0.15) is 0 Å². The van der Waals surface area contributed by atoms with Crippen LogP contribution in [0.15, 0.2) is 30.3 Å². The second-order valence-electron chi connectivity index (χ2n) is 5.54. The van der Waals surface area contributed by atoms with Crippen molar-refractivity contribution in [2.45, 2.75) is 0 Å². The van der Waals surface area contributed by atoms with Crippen LogP contribution in [-0.2, 0) is 0 Å². The van der Waals surface area contributed by atoms with Crippen LogP contribution < -0.4 is 30.2 Å². The van der Waals surface area contributed by atoms with Gasteiger partial charge >= 0.3 is 0 Å². The minimum atomic E-state index is -0.312. The number of rotatable bonds is 6. The van der Waals surface area contributed by atoms with Crippen LogP contribution in [0.1, 0.15) is 10.4 Å². The lowest BCUT2D eigenvalue weighted by atomic mass is 10.1. The van der Waals surface area contributed by atoms with Crippen molar-refractivity contribution < 1.29 is 19.0 Å². The molecule has 1 amide bonds. The second kappa shape index (κ2) is 7.65. The average molecular weight is 345 g/mol. The third-order valence-electron chi connectivity index (χ3n) is 3.68. The van der Waals surface area contributed by atoms with Gasteiger partial charge < -0.3 is 30.2 Å². The Balaban J connectivity index is 2.41. The highest BCUT2D eigenvalue weighted by molar-refractivity contribution is 6.07. The maximum absolute atomic E-state index is 12.7. The van der Waals surface area contributed by atoms with Gasteiger partial charge in [0.2, 0.25) is 5.75 Å². The smallest absolute Gasteiger partial charge is 0.255 e. The van der Waals surface area contributed by atoms with Crippen molar-refractivity contribution in [1.29, 1.82) is 0 Å². The number of hydrogen-bond donors (Lipinski definition) is 2. The number of carbonyl (C=O) groups excluding carboxylic acids is 1. The molecular formula is C18H23N3O4. The molecule has 0 fully saturated rings. The maximum atomic E-state index is 12.7. The molecule has 0 saturated carbocycles. The van der Waals surface area contributed by atoms with E-state index in [-0.39, 0.29) is 5.91 Å². The van der Waals surface area contributed by atoms with Crippen LogP contribution in [0, 0.1) is 0 Å². The molecule has 0 heterocycles. The fourth-order valence-electron chi connectivity index (χ4n) is 2.45. The Bertz CT molecular complexity index is 750. The van der Waals surface area contributed by atoms with Crippen LogP contribution in [0.25, 0.3) is 0 Å². The number of carbonyl (C=O) groups is 1. The van der Waals surface area contributed by atoms with Gasteiger partial charge in [-0.05, 0) is 30.3 Å². The Kier molecular flexibility index (Phi) is 5.59. The lowest BCUT2D eigenvalue weighted by Crippen LogP contribution is -2.17. The molecule has 2 aromatic carbocycles. The summed E-state index contributed by atoms with van der Waals surface area (Å²) in [6.45, 7) is 0. The van der Waals surface area contributed by atoms with E-state index in [2.05, 4.69) is 5.32 Å². The molecule has 0 aliphatic heterocycles. The topological polar surface area (TPSA) is 86.0 Å². The van der Waals surface area contributed by atoms with Crippen molar-refractivity contribution >= 4 is 23.0 Å². The van der Waals surface area contributed by atoms with Crippen LogP contribution in [-0.4, -0.2) is 41.3 Å². The van der Waals surface area contributed by atoms with E-state index in [1.165, 1.54) is 21.3 Å². The number of nitrogens with two attached hydrogens (primary N) is 1. The number of methoxy groups -OCH3 is 3. The maximum Gasteiger partial charge on any atom is 0.255 e. The quantitative estimate of drug-likeness (QED) is 0.783. The molecule has 0 radical (unpaired) electrons. The lowest BCUT2D eigenvalue weighted by Gasteiger charge is -2.19. The first-order chi connectivity index (χ1) is 11.9. The fourth-order valence-corrected chi connectivity index (χ4v) is 2.45. The summed E-state index contributed by atoms with van der Waals surface area (Å²) in [7, 11) is 8.29. The number of anilines is 3. The summed E-state index contributed by atoms with van der Waals surface area (Å²) in [5, 5.41) is 2.88. The SMILES string of the molecule is COc1cc(C(=O)Nc2cc(N)ccc2N(C)C)cc(OC)c1OC. The summed E-state index contributed by atoms with van der Waals surface area (Å²) < 4.78 is 15.8. The van der Waals surface area contributed by atoms with Gasteiger partial charge in [0.1, 0.15) is 0 Å². The summed E-state index contributed by atoms with van der Waals surface area (Å²) >= 11 is 0. The molecule has 0 bridgehead atoms. The summed E-state index contributed by atoms with van der Waals surface area (Å²) in [5.41, 5.74) is 8.24. The number of benzene rings is 2.